The van der Waals surface area contributed by atoms with Crippen LogP contribution in [-0.2, 0) is 4.79 Å². The van der Waals surface area contributed by atoms with Crippen LogP contribution in [0.1, 0.15) is 11.1 Å². The summed E-state index contributed by atoms with van der Waals surface area (Å²) in [5, 5.41) is 2.73. The van der Waals surface area contributed by atoms with Gasteiger partial charge in [-0.3, -0.25) is 4.79 Å². The number of ether oxygens (including phenoxy) is 1. The monoisotopic (exact) mass is 265 g/mol. The summed E-state index contributed by atoms with van der Waals surface area (Å²) in [5.74, 6) is 5.63. The van der Waals surface area contributed by atoms with Crippen molar-refractivity contribution < 1.29 is 9.53 Å². The summed E-state index contributed by atoms with van der Waals surface area (Å²) < 4.78 is 5.20. The third-order valence-corrected chi connectivity index (χ3v) is 2.70. The van der Waals surface area contributed by atoms with Crippen LogP contribution in [0.3, 0.4) is 0 Å². The van der Waals surface area contributed by atoms with Crippen molar-refractivity contribution in [2.75, 3.05) is 12.4 Å². The SMILES string of the molecule is COc1ccc(C)cc1NC(=O)C#Cc1ccccc1. The first-order valence-corrected chi connectivity index (χ1v) is 6.22. The Balaban J connectivity index is 2.13. The first kappa shape index (κ1) is 13.7. The Labute approximate surface area is 118 Å². The predicted molar refractivity (Wildman–Crippen MR) is 79.7 cm³/mol. The minimum absolute atomic E-state index is 0.363. The van der Waals surface area contributed by atoms with Crippen LogP contribution in [0.25, 0.3) is 0 Å². The van der Waals surface area contributed by atoms with Crippen LogP contribution in [0.2, 0.25) is 0 Å². The Morgan fingerprint density at radius 3 is 2.60 bits per heavy atom. The highest BCUT2D eigenvalue weighted by Crippen LogP contribution is 2.24. The lowest BCUT2D eigenvalue weighted by Gasteiger charge is -2.08. The van der Waals surface area contributed by atoms with Crippen molar-refractivity contribution >= 4 is 11.6 Å². The van der Waals surface area contributed by atoms with E-state index in [9.17, 15) is 4.79 Å². The third-order valence-electron chi connectivity index (χ3n) is 2.70. The molecule has 0 unspecified atom stereocenters. The van der Waals surface area contributed by atoms with Gasteiger partial charge in [0, 0.05) is 11.5 Å². The molecule has 20 heavy (non-hydrogen) atoms. The van der Waals surface area contributed by atoms with E-state index in [0.717, 1.165) is 11.1 Å². The van der Waals surface area contributed by atoms with Crippen LogP contribution in [0, 0.1) is 18.8 Å². The first-order chi connectivity index (χ1) is 9.69. The van der Waals surface area contributed by atoms with Gasteiger partial charge in [0.2, 0.25) is 0 Å². The minimum Gasteiger partial charge on any atom is -0.495 e. The number of benzene rings is 2. The van der Waals surface area contributed by atoms with Gasteiger partial charge in [0.05, 0.1) is 12.8 Å². The number of nitrogens with one attached hydrogen (secondary N) is 1. The smallest absolute Gasteiger partial charge is 0.300 e. The molecular formula is C17H15NO2. The van der Waals surface area contributed by atoms with E-state index in [1.54, 1.807) is 7.11 Å². The largest absolute Gasteiger partial charge is 0.495 e. The summed E-state index contributed by atoms with van der Waals surface area (Å²) in [6.45, 7) is 1.95. The second-order valence-corrected chi connectivity index (χ2v) is 4.27. The molecule has 2 aromatic carbocycles. The Bertz CT molecular complexity index is 666. The molecule has 0 aliphatic rings. The molecule has 3 nitrogen and oxygen atoms in total. The summed E-state index contributed by atoms with van der Waals surface area (Å²) in [6.07, 6.45) is 0. The third kappa shape index (κ3) is 3.63. The molecule has 0 radical (unpaired) electrons. The molecule has 0 saturated heterocycles. The van der Waals surface area contributed by atoms with Crippen LogP contribution in [-0.4, -0.2) is 13.0 Å². The van der Waals surface area contributed by atoms with E-state index in [2.05, 4.69) is 17.2 Å². The molecule has 2 rings (SSSR count). The van der Waals surface area contributed by atoms with E-state index in [1.165, 1.54) is 0 Å². The number of carbonyl (C=O) groups is 1. The molecule has 0 aliphatic carbocycles. The molecule has 0 fully saturated rings. The zero-order chi connectivity index (χ0) is 14.4. The van der Waals surface area contributed by atoms with Gasteiger partial charge in [-0.05, 0) is 36.8 Å². The van der Waals surface area contributed by atoms with Crippen LogP contribution < -0.4 is 10.1 Å². The van der Waals surface area contributed by atoms with Gasteiger partial charge in [0.15, 0.2) is 0 Å². The van der Waals surface area contributed by atoms with Crippen molar-refractivity contribution in [3.8, 4) is 17.6 Å². The van der Waals surface area contributed by atoms with Crippen molar-refractivity contribution in [1.29, 1.82) is 0 Å². The van der Waals surface area contributed by atoms with Crippen molar-refractivity contribution in [2.45, 2.75) is 6.92 Å². The zero-order valence-electron chi connectivity index (χ0n) is 11.4. The van der Waals surface area contributed by atoms with Crippen molar-refractivity contribution in [1.82, 2.24) is 0 Å². The molecule has 1 N–H and O–H groups in total. The van der Waals surface area contributed by atoms with E-state index in [4.69, 9.17) is 4.74 Å². The fourth-order valence-corrected chi connectivity index (χ4v) is 1.72. The minimum atomic E-state index is -0.363. The second kappa shape index (κ2) is 6.44. The van der Waals surface area contributed by atoms with E-state index < -0.39 is 0 Å². The van der Waals surface area contributed by atoms with Gasteiger partial charge >= 0.3 is 5.91 Å². The quantitative estimate of drug-likeness (QED) is 0.848. The number of aryl methyl sites for hydroxylation is 1. The van der Waals surface area contributed by atoms with Gasteiger partial charge in [-0.1, -0.05) is 30.2 Å². The molecule has 3 heteroatoms. The Morgan fingerprint density at radius 2 is 1.90 bits per heavy atom. The molecule has 2 aromatic rings. The van der Waals surface area contributed by atoms with Crippen LogP contribution >= 0.6 is 0 Å². The number of anilines is 1. The maximum Gasteiger partial charge on any atom is 0.300 e. The van der Waals surface area contributed by atoms with Crippen LogP contribution in [0.5, 0.6) is 5.75 Å². The molecule has 0 heterocycles. The van der Waals surface area contributed by atoms with Gasteiger partial charge in [-0.25, -0.2) is 0 Å². The molecule has 0 saturated carbocycles. The average molecular weight is 265 g/mol. The first-order valence-electron chi connectivity index (χ1n) is 6.22. The fraction of sp³-hybridized carbons (Fsp3) is 0.118. The van der Waals surface area contributed by atoms with Crippen molar-refractivity contribution in [3.63, 3.8) is 0 Å². The van der Waals surface area contributed by atoms with Crippen molar-refractivity contribution in [3.05, 3.63) is 59.7 Å². The molecule has 0 aliphatic heterocycles. The van der Waals surface area contributed by atoms with Crippen molar-refractivity contribution in [2.24, 2.45) is 0 Å². The second-order valence-electron chi connectivity index (χ2n) is 4.27. The van der Waals surface area contributed by atoms with Gasteiger partial charge in [0.25, 0.3) is 0 Å². The summed E-state index contributed by atoms with van der Waals surface area (Å²) >= 11 is 0. The van der Waals surface area contributed by atoms with Crippen LogP contribution in [0.4, 0.5) is 5.69 Å². The molecule has 0 spiro atoms. The molecule has 0 bridgehead atoms. The standard InChI is InChI=1S/C17H15NO2/c1-13-8-10-16(20-2)15(12-13)18-17(19)11-9-14-6-4-3-5-7-14/h3-8,10,12H,1-2H3,(H,18,19). The molecule has 0 atom stereocenters. The maximum absolute atomic E-state index is 11.8. The summed E-state index contributed by atoms with van der Waals surface area (Å²) in [5.41, 5.74) is 2.47. The number of rotatable bonds is 2. The summed E-state index contributed by atoms with van der Waals surface area (Å²) in [6, 6.07) is 15.0. The van der Waals surface area contributed by atoms with E-state index in [0.29, 0.717) is 11.4 Å². The van der Waals surface area contributed by atoms with E-state index in [-0.39, 0.29) is 5.91 Å². The number of carbonyl (C=O) groups excluding carboxylic acids is 1. The number of amides is 1. The topological polar surface area (TPSA) is 38.3 Å². The van der Waals surface area contributed by atoms with Gasteiger partial charge in [-0.2, -0.15) is 0 Å². The molecule has 100 valence electrons. The normalized spacial score (nSPS) is 9.30. The Kier molecular flexibility index (Phi) is 4.41. The predicted octanol–water partition coefficient (Wildman–Crippen LogP) is 2.99. The maximum atomic E-state index is 11.8. The average Bonchev–Trinajstić information content (AvgIpc) is 2.46. The highest BCUT2D eigenvalue weighted by molar-refractivity contribution is 6.05. The lowest BCUT2D eigenvalue weighted by molar-refractivity contribution is -0.111. The Morgan fingerprint density at radius 1 is 1.15 bits per heavy atom. The van der Waals surface area contributed by atoms with Crippen LogP contribution in [0.15, 0.2) is 48.5 Å². The van der Waals surface area contributed by atoms with Gasteiger partial charge in [-0.15, -0.1) is 0 Å². The molecule has 0 aromatic heterocycles. The van der Waals surface area contributed by atoms with Gasteiger partial charge < -0.3 is 10.1 Å². The highest BCUT2D eigenvalue weighted by Gasteiger charge is 2.05. The Hall–Kier alpha value is -2.73. The fourth-order valence-electron chi connectivity index (χ4n) is 1.72. The molecular weight excluding hydrogens is 250 g/mol. The summed E-state index contributed by atoms with van der Waals surface area (Å²) in [4.78, 5) is 11.8. The lowest BCUT2D eigenvalue weighted by atomic mass is 10.2. The lowest BCUT2D eigenvalue weighted by Crippen LogP contribution is -2.09. The number of hydrogen-bond acceptors (Lipinski definition) is 2. The number of methoxy groups -OCH3 is 1. The number of hydrogen-bond donors (Lipinski definition) is 1. The van der Waals surface area contributed by atoms with Gasteiger partial charge in [0.1, 0.15) is 5.75 Å². The van der Waals surface area contributed by atoms with E-state index in [1.807, 2.05) is 55.5 Å². The highest BCUT2D eigenvalue weighted by atomic mass is 16.5. The summed E-state index contributed by atoms with van der Waals surface area (Å²) in [7, 11) is 1.57. The zero-order valence-corrected chi connectivity index (χ0v) is 11.4. The molecule has 1 amide bonds. The van der Waals surface area contributed by atoms with E-state index >= 15 is 0 Å².